The average molecular weight is 316 g/mol. The second-order valence-corrected chi connectivity index (χ2v) is 5.89. The molecule has 0 N–H and O–H groups in total. The number of benzene rings is 1. The number of hydrogen-bond acceptors (Lipinski definition) is 5. The molecule has 1 saturated heterocycles. The van der Waals surface area contributed by atoms with Gasteiger partial charge in [0.05, 0.1) is 30.3 Å². The molecular formula is C17H20N2O4. The van der Waals surface area contributed by atoms with E-state index >= 15 is 0 Å². The predicted molar refractivity (Wildman–Crippen MR) is 82.7 cm³/mol. The largest absolute Gasteiger partial charge is 0.466 e. The Bertz CT molecular complexity index is 608. The Hall–Kier alpha value is -2.21. The van der Waals surface area contributed by atoms with Crippen molar-refractivity contribution in [3.63, 3.8) is 0 Å². The van der Waals surface area contributed by atoms with Gasteiger partial charge < -0.3 is 4.74 Å². The van der Waals surface area contributed by atoms with Crippen molar-refractivity contribution in [2.24, 2.45) is 5.92 Å². The molecule has 1 aromatic carbocycles. The van der Waals surface area contributed by atoms with E-state index in [9.17, 15) is 14.4 Å². The maximum atomic E-state index is 12.4. The van der Waals surface area contributed by atoms with E-state index in [2.05, 4.69) is 0 Å². The number of fused-ring (bicyclic) bond motifs is 1. The highest BCUT2D eigenvalue weighted by molar-refractivity contribution is 6.21. The van der Waals surface area contributed by atoms with Crippen LogP contribution in [-0.4, -0.2) is 53.9 Å². The van der Waals surface area contributed by atoms with Crippen LogP contribution in [0.3, 0.4) is 0 Å². The highest BCUT2D eigenvalue weighted by atomic mass is 16.5. The van der Waals surface area contributed by atoms with Crippen molar-refractivity contribution in [2.45, 2.75) is 19.8 Å². The van der Waals surface area contributed by atoms with Crippen LogP contribution in [0.15, 0.2) is 24.3 Å². The number of ether oxygens (including phenoxy) is 1. The summed E-state index contributed by atoms with van der Waals surface area (Å²) in [5, 5.41) is 0. The van der Waals surface area contributed by atoms with Gasteiger partial charge in [0.2, 0.25) is 0 Å². The topological polar surface area (TPSA) is 66.9 Å². The lowest BCUT2D eigenvalue weighted by Crippen LogP contribution is -2.47. The predicted octanol–water partition coefficient (Wildman–Crippen LogP) is 1.52. The number of nitrogens with zero attached hydrogens (tertiary/aromatic N) is 2. The van der Waals surface area contributed by atoms with E-state index in [0.29, 0.717) is 24.3 Å². The van der Waals surface area contributed by atoms with Crippen molar-refractivity contribution in [1.29, 1.82) is 0 Å². The first-order valence-electron chi connectivity index (χ1n) is 7.96. The second kappa shape index (κ2) is 6.50. The molecule has 6 heteroatoms. The molecule has 6 nitrogen and oxygen atoms in total. The van der Waals surface area contributed by atoms with Gasteiger partial charge in [-0.3, -0.25) is 24.2 Å². The van der Waals surface area contributed by atoms with Crippen molar-refractivity contribution in [3.05, 3.63) is 35.4 Å². The first kappa shape index (κ1) is 15.7. The third-order valence-electron chi connectivity index (χ3n) is 4.35. The molecule has 122 valence electrons. The number of piperidine rings is 1. The number of carbonyl (C=O) groups excluding carboxylic acids is 3. The molecule has 0 aromatic heterocycles. The molecule has 2 aliphatic heterocycles. The molecule has 1 atom stereocenters. The molecule has 23 heavy (non-hydrogen) atoms. The Labute approximate surface area is 135 Å². The molecule has 1 aromatic rings. The summed E-state index contributed by atoms with van der Waals surface area (Å²) in [6.45, 7) is 3.67. The fourth-order valence-electron chi connectivity index (χ4n) is 3.20. The number of rotatable bonds is 4. The van der Waals surface area contributed by atoms with E-state index in [1.165, 1.54) is 4.90 Å². The summed E-state index contributed by atoms with van der Waals surface area (Å²) in [5.41, 5.74) is 0.910. The molecule has 0 bridgehead atoms. The summed E-state index contributed by atoms with van der Waals surface area (Å²) < 4.78 is 5.08. The fourth-order valence-corrected chi connectivity index (χ4v) is 3.20. The monoisotopic (exact) mass is 316 g/mol. The van der Waals surface area contributed by atoms with Gasteiger partial charge in [0.1, 0.15) is 0 Å². The number of hydrogen-bond donors (Lipinski definition) is 0. The SMILES string of the molecule is CCOC(=O)[C@H]1CCCN(CN2C(=O)c3ccccc3C2=O)C1. The Morgan fingerprint density at radius 1 is 1.22 bits per heavy atom. The van der Waals surface area contributed by atoms with Crippen molar-refractivity contribution < 1.29 is 19.1 Å². The van der Waals surface area contributed by atoms with Crippen LogP contribution in [0.1, 0.15) is 40.5 Å². The molecular weight excluding hydrogens is 296 g/mol. The van der Waals surface area contributed by atoms with Gasteiger partial charge in [-0.15, -0.1) is 0 Å². The number of esters is 1. The standard InChI is InChI=1S/C17H20N2O4/c1-2-23-17(22)12-6-5-9-18(10-12)11-19-15(20)13-7-3-4-8-14(13)16(19)21/h3-4,7-8,12H,2,5-6,9-11H2,1H3/t12-/m0/s1. The maximum absolute atomic E-state index is 12.4. The molecule has 2 amide bonds. The van der Waals surface area contributed by atoms with Crippen molar-refractivity contribution in [3.8, 4) is 0 Å². The van der Waals surface area contributed by atoms with Gasteiger partial charge in [-0.25, -0.2) is 0 Å². The zero-order valence-corrected chi connectivity index (χ0v) is 13.2. The van der Waals surface area contributed by atoms with Gasteiger partial charge in [0.25, 0.3) is 11.8 Å². The number of amides is 2. The van der Waals surface area contributed by atoms with E-state index in [0.717, 1.165) is 19.4 Å². The lowest BCUT2D eigenvalue weighted by atomic mass is 9.98. The van der Waals surface area contributed by atoms with Gasteiger partial charge in [0, 0.05) is 6.54 Å². The van der Waals surface area contributed by atoms with E-state index in [1.807, 2.05) is 4.90 Å². The lowest BCUT2D eigenvalue weighted by Gasteiger charge is -2.33. The lowest BCUT2D eigenvalue weighted by molar-refractivity contribution is -0.150. The minimum Gasteiger partial charge on any atom is -0.466 e. The normalized spacial score (nSPS) is 21.4. The van der Waals surface area contributed by atoms with Crippen molar-refractivity contribution >= 4 is 17.8 Å². The van der Waals surface area contributed by atoms with Crippen LogP contribution >= 0.6 is 0 Å². The molecule has 2 heterocycles. The summed E-state index contributed by atoms with van der Waals surface area (Å²) in [7, 11) is 0. The molecule has 0 spiro atoms. The smallest absolute Gasteiger partial charge is 0.310 e. The van der Waals surface area contributed by atoms with Gasteiger partial charge in [-0.1, -0.05) is 12.1 Å². The number of likely N-dealkylation sites (tertiary alicyclic amines) is 1. The van der Waals surface area contributed by atoms with Crippen LogP contribution in [0.25, 0.3) is 0 Å². The van der Waals surface area contributed by atoms with Crippen LogP contribution in [0, 0.1) is 5.92 Å². The average Bonchev–Trinajstić information content (AvgIpc) is 2.81. The van der Waals surface area contributed by atoms with Crippen LogP contribution in [0.5, 0.6) is 0 Å². The molecule has 3 rings (SSSR count). The first-order chi connectivity index (χ1) is 11.1. The fraction of sp³-hybridized carbons (Fsp3) is 0.471. The van der Waals surface area contributed by atoms with Crippen LogP contribution in [0.2, 0.25) is 0 Å². The second-order valence-electron chi connectivity index (χ2n) is 5.89. The van der Waals surface area contributed by atoms with Gasteiger partial charge in [-0.2, -0.15) is 0 Å². The third-order valence-corrected chi connectivity index (χ3v) is 4.35. The highest BCUT2D eigenvalue weighted by Crippen LogP contribution is 2.24. The van der Waals surface area contributed by atoms with Gasteiger partial charge in [-0.05, 0) is 38.4 Å². The number of carbonyl (C=O) groups is 3. The summed E-state index contributed by atoms with van der Waals surface area (Å²) >= 11 is 0. The zero-order chi connectivity index (χ0) is 16.4. The maximum Gasteiger partial charge on any atom is 0.310 e. The highest BCUT2D eigenvalue weighted by Gasteiger charge is 2.37. The van der Waals surface area contributed by atoms with E-state index in [4.69, 9.17) is 4.74 Å². The molecule has 0 saturated carbocycles. The Morgan fingerprint density at radius 3 is 2.48 bits per heavy atom. The Morgan fingerprint density at radius 2 is 1.87 bits per heavy atom. The third kappa shape index (κ3) is 2.99. The molecule has 2 aliphatic rings. The van der Waals surface area contributed by atoms with Crippen molar-refractivity contribution in [1.82, 2.24) is 9.80 Å². The minimum atomic E-state index is -0.260. The molecule has 1 fully saturated rings. The van der Waals surface area contributed by atoms with E-state index < -0.39 is 0 Å². The summed E-state index contributed by atoms with van der Waals surface area (Å²) in [4.78, 5) is 39.9. The number of imide groups is 1. The molecule has 0 radical (unpaired) electrons. The summed E-state index contributed by atoms with van der Waals surface area (Å²) in [5.74, 6) is -0.897. The van der Waals surface area contributed by atoms with Crippen LogP contribution < -0.4 is 0 Å². The van der Waals surface area contributed by atoms with Crippen molar-refractivity contribution in [2.75, 3.05) is 26.4 Å². The minimum absolute atomic E-state index is 0.182. The van der Waals surface area contributed by atoms with E-state index in [-0.39, 0.29) is 30.4 Å². The van der Waals surface area contributed by atoms with Crippen LogP contribution in [0.4, 0.5) is 0 Å². The first-order valence-corrected chi connectivity index (χ1v) is 7.96. The molecule has 0 unspecified atom stereocenters. The zero-order valence-electron chi connectivity index (χ0n) is 13.2. The summed E-state index contributed by atoms with van der Waals surface area (Å²) in [6.07, 6.45) is 1.64. The van der Waals surface area contributed by atoms with Gasteiger partial charge in [0.15, 0.2) is 0 Å². The summed E-state index contributed by atoms with van der Waals surface area (Å²) in [6, 6.07) is 6.86. The van der Waals surface area contributed by atoms with Crippen LogP contribution in [-0.2, 0) is 9.53 Å². The Kier molecular flexibility index (Phi) is 4.43. The molecule has 0 aliphatic carbocycles. The quantitative estimate of drug-likeness (QED) is 0.622. The van der Waals surface area contributed by atoms with Gasteiger partial charge >= 0.3 is 5.97 Å². The Balaban J connectivity index is 1.67. The van der Waals surface area contributed by atoms with E-state index in [1.54, 1.807) is 31.2 Å².